The number of nitrogens with zero attached hydrogens (tertiary/aromatic N) is 1. The van der Waals surface area contributed by atoms with Crippen molar-refractivity contribution in [3.8, 4) is 0 Å². The standard InChI is InChI=1S/C14H10BrClFN3O2/c1-2-18-13-11(16)12(8(6-19-13)14(21)22)20-10-4-3-7(15)5-9(10)17/h2-6H,1H2,(H,21,22)(H2,18,19,20). The van der Waals surface area contributed by atoms with Gasteiger partial charge < -0.3 is 15.7 Å². The first-order valence-corrected chi connectivity index (χ1v) is 7.12. The molecular formula is C14H10BrClFN3O2. The average molecular weight is 387 g/mol. The molecule has 22 heavy (non-hydrogen) atoms. The Morgan fingerprint density at radius 2 is 2.23 bits per heavy atom. The van der Waals surface area contributed by atoms with Gasteiger partial charge in [0.1, 0.15) is 16.4 Å². The fourth-order valence-electron chi connectivity index (χ4n) is 1.69. The topological polar surface area (TPSA) is 74.2 Å². The molecule has 0 bridgehead atoms. The van der Waals surface area contributed by atoms with Gasteiger partial charge in [0.25, 0.3) is 0 Å². The first-order valence-electron chi connectivity index (χ1n) is 5.95. The van der Waals surface area contributed by atoms with E-state index >= 15 is 0 Å². The van der Waals surface area contributed by atoms with Crippen molar-refractivity contribution < 1.29 is 14.3 Å². The molecule has 1 aromatic carbocycles. The molecule has 0 spiro atoms. The molecular weight excluding hydrogens is 377 g/mol. The number of carbonyl (C=O) groups is 1. The summed E-state index contributed by atoms with van der Waals surface area (Å²) in [6, 6.07) is 4.33. The number of aromatic nitrogens is 1. The van der Waals surface area contributed by atoms with Crippen LogP contribution in [-0.2, 0) is 0 Å². The number of hydrogen-bond donors (Lipinski definition) is 3. The van der Waals surface area contributed by atoms with Gasteiger partial charge in [-0.15, -0.1) is 0 Å². The molecule has 3 N–H and O–H groups in total. The lowest BCUT2D eigenvalue weighted by molar-refractivity contribution is 0.0697. The van der Waals surface area contributed by atoms with E-state index in [9.17, 15) is 14.3 Å². The second-order valence-electron chi connectivity index (χ2n) is 4.11. The number of rotatable bonds is 5. The minimum atomic E-state index is -1.24. The van der Waals surface area contributed by atoms with Crippen LogP contribution in [0, 0.1) is 5.82 Å². The molecule has 5 nitrogen and oxygen atoms in total. The molecule has 1 heterocycles. The van der Waals surface area contributed by atoms with Crippen LogP contribution in [0.3, 0.4) is 0 Å². The van der Waals surface area contributed by atoms with Crippen LogP contribution in [0.5, 0.6) is 0 Å². The first kappa shape index (κ1) is 16.3. The van der Waals surface area contributed by atoms with E-state index in [4.69, 9.17) is 11.6 Å². The predicted molar refractivity (Wildman–Crippen MR) is 87.4 cm³/mol. The van der Waals surface area contributed by atoms with Gasteiger partial charge in [0.15, 0.2) is 5.82 Å². The molecule has 2 aromatic rings. The third-order valence-corrected chi connectivity index (χ3v) is 3.54. The van der Waals surface area contributed by atoms with Crippen LogP contribution in [-0.4, -0.2) is 16.1 Å². The number of aromatic carboxylic acids is 1. The van der Waals surface area contributed by atoms with E-state index < -0.39 is 11.8 Å². The third kappa shape index (κ3) is 3.37. The lowest BCUT2D eigenvalue weighted by Crippen LogP contribution is -2.07. The van der Waals surface area contributed by atoms with Gasteiger partial charge >= 0.3 is 5.97 Å². The Labute approximate surface area is 139 Å². The minimum Gasteiger partial charge on any atom is -0.478 e. The van der Waals surface area contributed by atoms with Crippen molar-refractivity contribution in [2.45, 2.75) is 0 Å². The molecule has 0 fully saturated rings. The largest absolute Gasteiger partial charge is 0.478 e. The summed E-state index contributed by atoms with van der Waals surface area (Å²) in [5, 5.41) is 14.6. The van der Waals surface area contributed by atoms with E-state index in [1.807, 2.05) is 0 Å². The maximum atomic E-state index is 13.9. The van der Waals surface area contributed by atoms with E-state index in [0.717, 1.165) is 6.20 Å². The van der Waals surface area contributed by atoms with Crippen LogP contribution in [0.2, 0.25) is 5.02 Å². The van der Waals surface area contributed by atoms with Crippen LogP contribution in [0.1, 0.15) is 10.4 Å². The number of benzene rings is 1. The Bertz CT molecular complexity index is 755. The number of carboxylic acid groups (broad SMARTS) is 1. The van der Waals surface area contributed by atoms with Gasteiger partial charge in [-0.25, -0.2) is 14.2 Å². The highest BCUT2D eigenvalue weighted by atomic mass is 79.9. The quantitative estimate of drug-likeness (QED) is 0.698. The van der Waals surface area contributed by atoms with Crippen molar-refractivity contribution in [1.82, 2.24) is 4.98 Å². The van der Waals surface area contributed by atoms with Crippen LogP contribution < -0.4 is 10.6 Å². The highest BCUT2D eigenvalue weighted by molar-refractivity contribution is 9.10. The smallest absolute Gasteiger partial charge is 0.339 e. The Balaban J connectivity index is 2.53. The van der Waals surface area contributed by atoms with Crippen LogP contribution in [0.15, 0.2) is 41.6 Å². The van der Waals surface area contributed by atoms with Crippen molar-refractivity contribution in [2.75, 3.05) is 10.6 Å². The normalized spacial score (nSPS) is 10.1. The molecule has 8 heteroatoms. The Kier molecular flexibility index (Phi) is 4.99. The molecule has 0 saturated carbocycles. The summed E-state index contributed by atoms with van der Waals surface area (Å²) < 4.78 is 14.5. The number of halogens is 3. The van der Waals surface area contributed by atoms with E-state index in [-0.39, 0.29) is 27.8 Å². The molecule has 2 rings (SSSR count). The van der Waals surface area contributed by atoms with E-state index in [1.54, 1.807) is 6.07 Å². The summed E-state index contributed by atoms with van der Waals surface area (Å²) in [7, 11) is 0. The van der Waals surface area contributed by atoms with Crippen molar-refractivity contribution in [2.24, 2.45) is 0 Å². The van der Waals surface area contributed by atoms with Crippen molar-refractivity contribution in [3.05, 3.63) is 58.1 Å². The zero-order chi connectivity index (χ0) is 16.3. The monoisotopic (exact) mass is 385 g/mol. The molecule has 0 aliphatic heterocycles. The summed E-state index contributed by atoms with van der Waals surface area (Å²) in [6.07, 6.45) is 2.47. The molecule has 0 amide bonds. The molecule has 114 valence electrons. The SMILES string of the molecule is C=CNc1ncc(C(=O)O)c(Nc2ccc(Br)cc2F)c1Cl. The van der Waals surface area contributed by atoms with Crippen molar-refractivity contribution in [3.63, 3.8) is 0 Å². The Morgan fingerprint density at radius 1 is 1.50 bits per heavy atom. The van der Waals surface area contributed by atoms with E-state index in [2.05, 4.69) is 38.1 Å². The van der Waals surface area contributed by atoms with Gasteiger partial charge in [-0.3, -0.25) is 0 Å². The van der Waals surface area contributed by atoms with Gasteiger partial charge in [-0.1, -0.05) is 34.1 Å². The fourth-order valence-corrected chi connectivity index (χ4v) is 2.28. The van der Waals surface area contributed by atoms with Gasteiger partial charge in [0.05, 0.1) is 11.4 Å². The lowest BCUT2D eigenvalue weighted by atomic mass is 10.2. The maximum Gasteiger partial charge on any atom is 0.339 e. The average Bonchev–Trinajstić information content (AvgIpc) is 2.45. The third-order valence-electron chi connectivity index (χ3n) is 2.68. The molecule has 1 aromatic heterocycles. The van der Waals surface area contributed by atoms with E-state index in [1.165, 1.54) is 18.3 Å². The summed E-state index contributed by atoms with van der Waals surface area (Å²) in [6.45, 7) is 3.48. The van der Waals surface area contributed by atoms with Crippen molar-refractivity contribution >= 4 is 50.7 Å². The molecule has 0 aliphatic rings. The summed E-state index contributed by atoms with van der Waals surface area (Å²) in [4.78, 5) is 15.2. The van der Waals surface area contributed by atoms with Gasteiger partial charge in [-0.2, -0.15) is 0 Å². The highest BCUT2D eigenvalue weighted by Gasteiger charge is 2.19. The molecule has 0 unspecified atom stereocenters. The summed E-state index contributed by atoms with van der Waals surface area (Å²) in [5.41, 5.74) is -0.0555. The second-order valence-corrected chi connectivity index (χ2v) is 5.41. The highest BCUT2D eigenvalue weighted by Crippen LogP contribution is 2.35. The molecule has 0 saturated heterocycles. The zero-order valence-electron chi connectivity index (χ0n) is 11.0. The Hall–Kier alpha value is -2.12. The number of anilines is 3. The van der Waals surface area contributed by atoms with E-state index in [0.29, 0.717) is 4.47 Å². The number of carboxylic acids is 1. The number of nitrogens with one attached hydrogen (secondary N) is 2. The molecule has 0 radical (unpaired) electrons. The van der Waals surface area contributed by atoms with Crippen LogP contribution in [0.25, 0.3) is 0 Å². The summed E-state index contributed by atoms with van der Waals surface area (Å²) >= 11 is 9.29. The second kappa shape index (κ2) is 6.76. The predicted octanol–water partition coefficient (Wildman–Crippen LogP) is 4.63. The maximum absolute atomic E-state index is 13.9. The fraction of sp³-hybridized carbons (Fsp3) is 0. The van der Waals surface area contributed by atoms with Gasteiger partial charge in [0.2, 0.25) is 0 Å². The van der Waals surface area contributed by atoms with Gasteiger partial charge in [0, 0.05) is 10.7 Å². The molecule has 0 aliphatic carbocycles. The number of pyridine rings is 1. The number of hydrogen-bond acceptors (Lipinski definition) is 4. The first-order chi connectivity index (χ1) is 10.4. The van der Waals surface area contributed by atoms with Crippen molar-refractivity contribution in [1.29, 1.82) is 0 Å². The lowest BCUT2D eigenvalue weighted by Gasteiger charge is -2.14. The summed E-state index contributed by atoms with van der Waals surface area (Å²) in [5.74, 6) is -1.59. The Morgan fingerprint density at radius 3 is 2.82 bits per heavy atom. The van der Waals surface area contributed by atoms with Crippen LogP contribution in [0.4, 0.5) is 21.6 Å². The molecule has 0 atom stereocenters. The van der Waals surface area contributed by atoms with Gasteiger partial charge in [-0.05, 0) is 24.4 Å². The van der Waals surface area contributed by atoms with Crippen LogP contribution >= 0.6 is 27.5 Å². The zero-order valence-corrected chi connectivity index (χ0v) is 13.4. The minimum absolute atomic E-state index is 0.0159.